The Morgan fingerprint density at radius 3 is 2.73 bits per heavy atom. The number of hydrogen-bond donors (Lipinski definition) is 1. The van der Waals surface area contributed by atoms with E-state index in [0.29, 0.717) is 13.2 Å². The fourth-order valence-corrected chi connectivity index (χ4v) is 4.09. The predicted molar refractivity (Wildman–Crippen MR) is 102 cm³/mol. The number of amides is 1. The first-order valence-electron chi connectivity index (χ1n) is 9.00. The third-order valence-electron chi connectivity index (χ3n) is 4.77. The molecular formula is C20H23N2O3S+. The van der Waals surface area contributed by atoms with E-state index in [1.165, 1.54) is 4.88 Å². The van der Waals surface area contributed by atoms with E-state index in [9.17, 15) is 4.79 Å². The van der Waals surface area contributed by atoms with Crippen LogP contribution in [0.4, 0.5) is 0 Å². The molecule has 136 valence electrons. The van der Waals surface area contributed by atoms with E-state index in [1.807, 2.05) is 40.5 Å². The molecule has 1 amide bonds. The number of thiophene rings is 1. The first-order valence-corrected chi connectivity index (χ1v) is 9.88. The Balaban J connectivity index is 1.30. The van der Waals surface area contributed by atoms with Crippen molar-refractivity contribution in [2.45, 2.75) is 6.54 Å². The molecule has 2 aliphatic heterocycles. The normalized spacial score (nSPS) is 17.6. The highest BCUT2D eigenvalue weighted by Crippen LogP contribution is 2.31. The number of nitrogens with one attached hydrogen (secondary N) is 1. The van der Waals surface area contributed by atoms with Gasteiger partial charge in [-0.3, -0.25) is 4.79 Å². The molecule has 0 atom stereocenters. The molecule has 1 aromatic heterocycles. The summed E-state index contributed by atoms with van der Waals surface area (Å²) in [7, 11) is 0. The molecule has 0 saturated carbocycles. The van der Waals surface area contributed by atoms with Crippen LogP contribution in [0.5, 0.6) is 11.5 Å². The molecule has 6 heteroatoms. The van der Waals surface area contributed by atoms with Gasteiger partial charge in [-0.25, -0.2) is 0 Å². The number of ether oxygens (including phenoxy) is 2. The zero-order chi connectivity index (χ0) is 17.8. The summed E-state index contributed by atoms with van der Waals surface area (Å²) in [6.07, 6.45) is 3.52. The molecular weight excluding hydrogens is 348 g/mol. The van der Waals surface area contributed by atoms with Crippen molar-refractivity contribution < 1.29 is 19.2 Å². The number of fused-ring (bicyclic) bond motifs is 1. The molecule has 5 nitrogen and oxygen atoms in total. The summed E-state index contributed by atoms with van der Waals surface area (Å²) in [6.45, 7) is 5.84. The van der Waals surface area contributed by atoms with Gasteiger partial charge in [0.25, 0.3) is 0 Å². The summed E-state index contributed by atoms with van der Waals surface area (Å²) < 4.78 is 11.1. The highest BCUT2D eigenvalue weighted by molar-refractivity contribution is 7.09. The number of hydrogen-bond acceptors (Lipinski definition) is 4. The lowest BCUT2D eigenvalue weighted by Crippen LogP contribution is -3.13. The monoisotopic (exact) mass is 371 g/mol. The maximum atomic E-state index is 12.5. The van der Waals surface area contributed by atoms with Crippen LogP contribution in [0.25, 0.3) is 6.08 Å². The predicted octanol–water partition coefficient (Wildman–Crippen LogP) is 1.46. The van der Waals surface area contributed by atoms with Gasteiger partial charge < -0.3 is 19.3 Å². The van der Waals surface area contributed by atoms with Gasteiger partial charge in [-0.05, 0) is 35.2 Å². The van der Waals surface area contributed by atoms with Crippen LogP contribution in [0, 0.1) is 0 Å². The molecule has 1 fully saturated rings. The lowest BCUT2D eigenvalue weighted by molar-refractivity contribution is -0.917. The van der Waals surface area contributed by atoms with Gasteiger partial charge in [0.05, 0.1) is 31.1 Å². The van der Waals surface area contributed by atoms with E-state index < -0.39 is 0 Å². The molecule has 0 unspecified atom stereocenters. The maximum Gasteiger partial charge on any atom is 0.246 e. The molecule has 0 aliphatic carbocycles. The van der Waals surface area contributed by atoms with Crippen molar-refractivity contribution in [3.63, 3.8) is 0 Å². The standard InChI is InChI=1S/C20H22N2O3S/c23-20(6-4-16-3-5-18-19(14-16)25-12-11-24-18)22-9-7-21(8-10-22)15-17-2-1-13-26-17/h1-6,13-14H,7-12,15H2/p+1/b6-4+. The van der Waals surface area contributed by atoms with Crippen LogP contribution >= 0.6 is 11.3 Å². The highest BCUT2D eigenvalue weighted by Gasteiger charge is 2.22. The van der Waals surface area contributed by atoms with E-state index in [4.69, 9.17) is 9.47 Å². The lowest BCUT2D eigenvalue weighted by atomic mass is 10.1. The van der Waals surface area contributed by atoms with Crippen molar-refractivity contribution in [1.82, 2.24) is 4.90 Å². The summed E-state index contributed by atoms with van der Waals surface area (Å²) in [5, 5.41) is 2.12. The molecule has 2 aromatic rings. The maximum absolute atomic E-state index is 12.5. The fraction of sp³-hybridized carbons (Fsp3) is 0.350. The van der Waals surface area contributed by atoms with E-state index in [2.05, 4.69) is 17.5 Å². The van der Waals surface area contributed by atoms with Gasteiger partial charge in [-0.1, -0.05) is 12.1 Å². The Hall–Kier alpha value is -2.31. The molecule has 1 saturated heterocycles. The molecule has 1 aromatic carbocycles. The molecule has 26 heavy (non-hydrogen) atoms. The van der Waals surface area contributed by atoms with Crippen LogP contribution in [-0.2, 0) is 11.3 Å². The molecule has 2 aliphatic rings. The van der Waals surface area contributed by atoms with E-state index >= 15 is 0 Å². The number of nitrogens with zero attached hydrogens (tertiary/aromatic N) is 1. The second-order valence-electron chi connectivity index (χ2n) is 6.57. The average molecular weight is 371 g/mol. The van der Waals surface area contributed by atoms with Crippen molar-refractivity contribution in [2.24, 2.45) is 0 Å². The minimum Gasteiger partial charge on any atom is -0.486 e. The molecule has 1 N–H and O–H groups in total. The Morgan fingerprint density at radius 2 is 1.96 bits per heavy atom. The van der Waals surface area contributed by atoms with Crippen LogP contribution in [0.2, 0.25) is 0 Å². The molecule has 0 radical (unpaired) electrons. The van der Waals surface area contributed by atoms with E-state index in [1.54, 1.807) is 11.0 Å². The third kappa shape index (κ3) is 4.08. The molecule has 0 spiro atoms. The van der Waals surface area contributed by atoms with Crippen molar-refractivity contribution >= 4 is 23.3 Å². The number of carbonyl (C=O) groups excluding carboxylic acids is 1. The van der Waals surface area contributed by atoms with E-state index in [0.717, 1.165) is 49.8 Å². The lowest BCUT2D eigenvalue weighted by Gasteiger charge is -2.31. The number of carbonyl (C=O) groups is 1. The van der Waals surface area contributed by atoms with Gasteiger partial charge in [-0.15, -0.1) is 11.3 Å². The van der Waals surface area contributed by atoms with Crippen LogP contribution in [-0.4, -0.2) is 50.2 Å². The topological polar surface area (TPSA) is 43.2 Å². The van der Waals surface area contributed by atoms with Gasteiger partial charge >= 0.3 is 0 Å². The van der Waals surface area contributed by atoms with Crippen LogP contribution in [0.1, 0.15) is 10.4 Å². The smallest absolute Gasteiger partial charge is 0.246 e. The van der Waals surface area contributed by atoms with Crippen LogP contribution in [0.15, 0.2) is 41.8 Å². The Kier molecular flexibility index (Phi) is 5.22. The summed E-state index contributed by atoms with van der Waals surface area (Å²) in [5.41, 5.74) is 0.949. The number of piperazine rings is 1. The van der Waals surface area contributed by atoms with Gasteiger partial charge in [0.15, 0.2) is 11.5 Å². The minimum absolute atomic E-state index is 0.0788. The number of quaternary nitrogens is 1. The summed E-state index contributed by atoms with van der Waals surface area (Å²) in [4.78, 5) is 17.4. The van der Waals surface area contributed by atoms with Gasteiger partial charge in [-0.2, -0.15) is 0 Å². The second kappa shape index (κ2) is 7.93. The fourth-order valence-electron chi connectivity index (χ4n) is 3.32. The summed E-state index contributed by atoms with van der Waals surface area (Å²) in [6, 6.07) is 10.0. The Bertz CT molecular complexity index is 780. The number of rotatable bonds is 4. The van der Waals surface area contributed by atoms with Crippen LogP contribution in [0.3, 0.4) is 0 Å². The first-order chi connectivity index (χ1) is 12.8. The summed E-state index contributed by atoms with van der Waals surface area (Å²) in [5.74, 6) is 1.59. The van der Waals surface area contributed by atoms with E-state index in [-0.39, 0.29) is 5.91 Å². The highest BCUT2D eigenvalue weighted by atomic mass is 32.1. The van der Waals surface area contributed by atoms with Crippen molar-refractivity contribution in [3.8, 4) is 11.5 Å². The SMILES string of the molecule is O=C(/C=C/c1ccc2c(c1)OCCO2)N1CC[NH+](Cc2cccs2)CC1. The Labute approximate surface area is 157 Å². The van der Waals surface area contributed by atoms with Crippen molar-refractivity contribution in [1.29, 1.82) is 0 Å². The average Bonchev–Trinajstić information content (AvgIpc) is 3.19. The third-order valence-corrected chi connectivity index (χ3v) is 5.65. The van der Waals surface area contributed by atoms with Crippen molar-refractivity contribution in [3.05, 3.63) is 52.2 Å². The van der Waals surface area contributed by atoms with Gasteiger partial charge in [0.1, 0.15) is 19.8 Å². The molecule has 3 heterocycles. The van der Waals surface area contributed by atoms with Crippen LogP contribution < -0.4 is 14.4 Å². The minimum atomic E-state index is 0.0788. The summed E-state index contributed by atoms with van der Waals surface area (Å²) >= 11 is 1.81. The Morgan fingerprint density at radius 1 is 1.15 bits per heavy atom. The van der Waals surface area contributed by atoms with Gasteiger partial charge in [0.2, 0.25) is 5.91 Å². The number of benzene rings is 1. The quantitative estimate of drug-likeness (QED) is 0.828. The molecule has 0 bridgehead atoms. The first kappa shape index (κ1) is 17.1. The van der Waals surface area contributed by atoms with Gasteiger partial charge in [0, 0.05) is 6.08 Å². The zero-order valence-corrected chi connectivity index (χ0v) is 15.5. The zero-order valence-electron chi connectivity index (χ0n) is 14.6. The molecule has 4 rings (SSSR count). The van der Waals surface area contributed by atoms with Crippen molar-refractivity contribution in [2.75, 3.05) is 39.4 Å². The second-order valence-corrected chi connectivity index (χ2v) is 7.60. The largest absolute Gasteiger partial charge is 0.486 e.